The summed E-state index contributed by atoms with van der Waals surface area (Å²) >= 11 is 0. The Hall–Kier alpha value is -1.05. The molecule has 0 aromatic carbocycles. The van der Waals surface area contributed by atoms with Crippen molar-refractivity contribution in [3.8, 4) is 12.3 Å². The van der Waals surface area contributed by atoms with Gasteiger partial charge in [0.05, 0.1) is 6.54 Å². The highest BCUT2D eigenvalue weighted by Gasteiger charge is 2.23. The van der Waals surface area contributed by atoms with Gasteiger partial charge < -0.3 is 10.6 Å². The Morgan fingerprint density at radius 3 is 2.58 bits per heavy atom. The smallest absolute Gasteiger partial charge is 0.220 e. The van der Waals surface area contributed by atoms with Gasteiger partial charge in [-0.3, -0.25) is 9.69 Å². The highest BCUT2D eigenvalue weighted by Crippen LogP contribution is 2.18. The van der Waals surface area contributed by atoms with Gasteiger partial charge in [-0.2, -0.15) is 0 Å². The molecule has 2 rings (SSSR count). The maximum atomic E-state index is 11.5. The molecule has 106 valence electrons. The third-order valence-corrected chi connectivity index (χ3v) is 3.86. The Labute approximate surface area is 116 Å². The largest absolute Gasteiger partial charge is 0.353 e. The van der Waals surface area contributed by atoms with Crippen LogP contribution in [0.4, 0.5) is 0 Å². The number of amides is 1. The molecule has 2 fully saturated rings. The van der Waals surface area contributed by atoms with Crippen molar-refractivity contribution in [3.63, 3.8) is 0 Å². The first-order valence-electron chi connectivity index (χ1n) is 7.46. The molecule has 1 saturated heterocycles. The molecular formula is C15H25N3O. The second kappa shape index (κ2) is 7.52. The lowest BCUT2D eigenvalue weighted by Gasteiger charge is -2.31. The van der Waals surface area contributed by atoms with Crippen LogP contribution in [0.3, 0.4) is 0 Å². The van der Waals surface area contributed by atoms with E-state index in [0.717, 1.165) is 45.4 Å². The van der Waals surface area contributed by atoms with E-state index in [1.54, 1.807) is 0 Å². The van der Waals surface area contributed by atoms with Crippen molar-refractivity contribution in [3.05, 3.63) is 0 Å². The molecule has 1 amide bonds. The van der Waals surface area contributed by atoms with Gasteiger partial charge in [0, 0.05) is 31.6 Å². The van der Waals surface area contributed by atoms with Crippen LogP contribution in [0.1, 0.15) is 38.5 Å². The standard InChI is InChI=1S/C15H25N3O/c1-2-10-18-11-7-13(8-12-18)16-9-3-4-15(19)17-14-5-6-14/h1,13-14,16H,3-12H2,(H,17,19). The highest BCUT2D eigenvalue weighted by molar-refractivity contribution is 5.76. The molecule has 1 heterocycles. The number of rotatable bonds is 7. The molecule has 1 aliphatic carbocycles. The van der Waals surface area contributed by atoms with Gasteiger partial charge in [-0.15, -0.1) is 6.42 Å². The van der Waals surface area contributed by atoms with Crippen molar-refractivity contribution < 1.29 is 4.79 Å². The summed E-state index contributed by atoms with van der Waals surface area (Å²) in [4.78, 5) is 13.8. The van der Waals surface area contributed by atoms with Crippen molar-refractivity contribution in [1.82, 2.24) is 15.5 Å². The van der Waals surface area contributed by atoms with Gasteiger partial charge in [0.1, 0.15) is 0 Å². The molecule has 2 aliphatic rings. The summed E-state index contributed by atoms with van der Waals surface area (Å²) in [7, 11) is 0. The molecule has 1 aliphatic heterocycles. The van der Waals surface area contributed by atoms with E-state index in [1.165, 1.54) is 12.8 Å². The molecule has 1 saturated carbocycles. The number of hydrogen-bond donors (Lipinski definition) is 2. The summed E-state index contributed by atoms with van der Waals surface area (Å²) in [5.41, 5.74) is 0. The second-order valence-electron chi connectivity index (χ2n) is 5.65. The molecule has 2 N–H and O–H groups in total. The predicted octanol–water partition coefficient (Wildman–Crippen LogP) is 0.732. The van der Waals surface area contributed by atoms with E-state index >= 15 is 0 Å². The van der Waals surface area contributed by atoms with Gasteiger partial charge in [0.25, 0.3) is 0 Å². The maximum Gasteiger partial charge on any atom is 0.220 e. The monoisotopic (exact) mass is 263 g/mol. The van der Waals surface area contributed by atoms with Crippen molar-refractivity contribution in [2.24, 2.45) is 0 Å². The number of likely N-dealkylation sites (tertiary alicyclic amines) is 1. The molecule has 0 atom stereocenters. The number of terminal acetylenes is 1. The Morgan fingerprint density at radius 1 is 1.21 bits per heavy atom. The predicted molar refractivity (Wildman–Crippen MR) is 76.7 cm³/mol. The fraction of sp³-hybridized carbons (Fsp3) is 0.800. The average molecular weight is 263 g/mol. The van der Waals surface area contributed by atoms with E-state index in [-0.39, 0.29) is 5.91 Å². The van der Waals surface area contributed by atoms with E-state index in [9.17, 15) is 4.79 Å². The minimum atomic E-state index is 0.216. The molecular weight excluding hydrogens is 238 g/mol. The molecule has 4 heteroatoms. The van der Waals surface area contributed by atoms with Crippen LogP contribution in [-0.2, 0) is 4.79 Å². The van der Waals surface area contributed by atoms with E-state index < -0.39 is 0 Å². The Bertz CT molecular complexity index is 325. The summed E-state index contributed by atoms with van der Waals surface area (Å²) in [5, 5.41) is 6.57. The van der Waals surface area contributed by atoms with Crippen LogP contribution < -0.4 is 10.6 Å². The third kappa shape index (κ3) is 5.63. The first-order chi connectivity index (χ1) is 9.28. The minimum absolute atomic E-state index is 0.216. The van der Waals surface area contributed by atoms with Gasteiger partial charge in [0.2, 0.25) is 5.91 Å². The maximum absolute atomic E-state index is 11.5. The van der Waals surface area contributed by atoms with Crippen molar-refractivity contribution >= 4 is 5.91 Å². The number of carbonyl (C=O) groups is 1. The van der Waals surface area contributed by atoms with Crippen LogP contribution >= 0.6 is 0 Å². The molecule has 19 heavy (non-hydrogen) atoms. The fourth-order valence-electron chi connectivity index (χ4n) is 2.51. The van der Waals surface area contributed by atoms with E-state index in [1.807, 2.05) is 0 Å². The van der Waals surface area contributed by atoms with Crippen LogP contribution in [0.15, 0.2) is 0 Å². The second-order valence-corrected chi connectivity index (χ2v) is 5.65. The Balaban J connectivity index is 1.47. The summed E-state index contributed by atoms with van der Waals surface area (Å²) in [6.07, 6.45) is 11.6. The molecule has 4 nitrogen and oxygen atoms in total. The number of nitrogens with one attached hydrogen (secondary N) is 2. The lowest BCUT2D eigenvalue weighted by Crippen LogP contribution is -2.43. The summed E-state index contributed by atoms with van der Waals surface area (Å²) in [6.45, 7) is 3.89. The van der Waals surface area contributed by atoms with Crippen molar-refractivity contribution in [1.29, 1.82) is 0 Å². The van der Waals surface area contributed by atoms with Crippen LogP contribution in [0.5, 0.6) is 0 Å². The van der Waals surface area contributed by atoms with Crippen molar-refractivity contribution in [2.45, 2.75) is 50.6 Å². The SMILES string of the molecule is C#CCN1CCC(NCCCC(=O)NC2CC2)CC1. The van der Waals surface area contributed by atoms with Crippen LogP contribution in [0.2, 0.25) is 0 Å². The zero-order valence-corrected chi connectivity index (χ0v) is 11.7. The van der Waals surface area contributed by atoms with Gasteiger partial charge in [0.15, 0.2) is 0 Å². The molecule has 0 unspecified atom stereocenters. The zero-order valence-electron chi connectivity index (χ0n) is 11.7. The third-order valence-electron chi connectivity index (χ3n) is 3.86. The van der Waals surface area contributed by atoms with Crippen LogP contribution in [-0.4, -0.2) is 49.1 Å². The van der Waals surface area contributed by atoms with Gasteiger partial charge in [-0.05, 0) is 38.6 Å². The van der Waals surface area contributed by atoms with E-state index in [4.69, 9.17) is 6.42 Å². The number of carbonyl (C=O) groups excluding carboxylic acids is 1. The molecule has 0 aromatic rings. The number of piperidine rings is 1. The lowest BCUT2D eigenvalue weighted by atomic mass is 10.0. The Kier molecular flexibility index (Phi) is 5.68. The molecule has 0 radical (unpaired) electrons. The summed E-state index contributed by atoms with van der Waals surface area (Å²) in [5.74, 6) is 2.91. The molecule has 0 bridgehead atoms. The van der Waals surface area contributed by atoms with Gasteiger partial charge >= 0.3 is 0 Å². The van der Waals surface area contributed by atoms with Crippen LogP contribution in [0, 0.1) is 12.3 Å². The quantitative estimate of drug-likeness (QED) is 0.526. The van der Waals surface area contributed by atoms with Gasteiger partial charge in [-0.1, -0.05) is 5.92 Å². The van der Waals surface area contributed by atoms with Crippen LogP contribution in [0.25, 0.3) is 0 Å². The fourth-order valence-corrected chi connectivity index (χ4v) is 2.51. The molecule has 0 spiro atoms. The summed E-state index contributed by atoms with van der Waals surface area (Å²) in [6, 6.07) is 1.08. The minimum Gasteiger partial charge on any atom is -0.353 e. The zero-order chi connectivity index (χ0) is 13.5. The normalized spacial score (nSPS) is 21.0. The Morgan fingerprint density at radius 2 is 1.95 bits per heavy atom. The summed E-state index contributed by atoms with van der Waals surface area (Å²) < 4.78 is 0. The van der Waals surface area contributed by atoms with E-state index in [2.05, 4.69) is 21.5 Å². The molecule has 0 aromatic heterocycles. The number of hydrogen-bond acceptors (Lipinski definition) is 3. The van der Waals surface area contributed by atoms with Crippen molar-refractivity contribution in [2.75, 3.05) is 26.2 Å². The van der Waals surface area contributed by atoms with Gasteiger partial charge in [-0.25, -0.2) is 0 Å². The topological polar surface area (TPSA) is 44.4 Å². The number of nitrogens with zero attached hydrogens (tertiary/aromatic N) is 1. The van der Waals surface area contributed by atoms with E-state index in [0.29, 0.717) is 18.5 Å². The first kappa shape index (κ1) is 14.4. The first-order valence-corrected chi connectivity index (χ1v) is 7.46. The lowest BCUT2D eigenvalue weighted by molar-refractivity contribution is -0.121. The highest BCUT2D eigenvalue weighted by atomic mass is 16.1. The average Bonchev–Trinajstić information content (AvgIpc) is 3.21.